The molecule has 0 aliphatic carbocycles. The molecule has 0 bridgehead atoms. The Hall–Kier alpha value is -2.62. The van der Waals surface area contributed by atoms with E-state index in [4.69, 9.17) is 0 Å². The van der Waals surface area contributed by atoms with E-state index in [1.165, 1.54) is 0 Å². The fourth-order valence-electron chi connectivity index (χ4n) is 2.42. The molecule has 0 saturated carbocycles. The monoisotopic (exact) mass is 324 g/mol. The molecule has 4 heteroatoms. The van der Waals surface area contributed by atoms with E-state index in [2.05, 4.69) is 17.6 Å². The van der Waals surface area contributed by atoms with Crippen molar-refractivity contribution in [2.24, 2.45) is 0 Å². The van der Waals surface area contributed by atoms with Gasteiger partial charge in [0.25, 0.3) is 5.91 Å². The summed E-state index contributed by atoms with van der Waals surface area (Å²) in [5, 5.41) is 5.72. The van der Waals surface area contributed by atoms with Crippen molar-refractivity contribution in [1.82, 2.24) is 0 Å². The Labute approximate surface area is 143 Å². The molecule has 0 aromatic heterocycles. The number of benzene rings is 2. The molecular weight excluding hydrogens is 300 g/mol. The highest BCUT2D eigenvalue weighted by atomic mass is 16.2. The first-order chi connectivity index (χ1) is 11.6. The molecule has 0 aliphatic rings. The van der Waals surface area contributed by atoms with Gasteiger partial charge in [0.05, 0.1) is 0 Å². The zero-order chi connectivity index (χ0) is 17.4. The second kappa shape index (κ2) is 8.87. The van der Waals surface area contributed by atoms with E-state index in [1.807, 2.05) is 31.2 Å². The molecule has 0 radical (unpaired) electrons. The van der Waals surface area contributed by atoms with Crippen LogP contribution in [0.5, 0.6) is 0 Å². The number of hydrogen-bond donors (Lipinski definition) is 2. The van der Waals surface area contributed by atoms with Gasteiger partial charge >= 0.3 is 0 Å². The Kier molecular flexibility index (Phi) is 6.55. The molecule has 2 amide bonds. The predicted octanol–water partition coefficient (Wildman–Crippen LogP) is 4.77. The maximum atomic E-state index is 12.4. The molecule has 2 N–H and O–H groups in total. The van der Waals surface area contributed by atoms with Crippen molar-refractivity contribution in [1.29, 1.82) is 0 Å². The molecule has 0 heterocycles. The molecule has 0 spiro atoms. The van der Waals surface area contributed by atoms with Gasteiger partial charge in [-0.3, -0.25) is 9.59 Å². The molecule has 2 rings (SSSR count). The number of amides is 2. The van der Waals surface area contributed by atoms with Gasteiger partial charge in [-0.15, -0.1) is 0 Å². The predicted molar refractivity (Wildman–Crippen MR) is 98.3 cm³/mol. The van der Waals surface area contributed by atoms with E-state index in [0.29, 0.717) is 17.7 Å². The van der Waals surface area contributed by atoms with Crippen molar-refractivity contribution >= 4 is 23.2 Å². The maximum absolute atomic E-state index is 12.4. The van der Waals surface area contributed by atoms with Crippen LogP contribution >= 0.6 is 0 Å². The average molecular weight is 324 g/mol. The summed E-state index contributed by atoms with van der Waals surface area (Å²) in [5.41, 5.74) is 3.01. The van der Waals surface area contributed by atoms with Crippen molar-refractivity contribution in [3.63, 3.8) is 0 Å². The number of carbonyl (C=O) groups excluding carboxylic acids is 2. The summed E-state index contributed by atoms with van der Waals surface area (Å²) in [4.78, 5) is 24.2. The number of aryl methyl sites for hydroxylation is 1. The Morgan fingerprint density at radius 3 is 2.33 bits per heavy atom. The van der Waals surface area contributed by atoms with Crippen molar-refractivity contribution < 1.29 is 9.59 Å². The average Bonchev–Trinajstić information content (AvgIpc) is 2.55. The van der Waals surface area contributed by atoms with E-state index >= 15 is 0 Å². The fourth-order valence-corrected chi connectivity index (χ4v) is 2.42. The second-order valence-electron chi connectivity index (χ2n) is 5.91. The lowest BCUT2D eigenvalue weighted by Crippen LogP contribution is -2.14. The van der Waals surface area contributed by atoms with Gasteiger partial charge in [-0.25, -0.2) is 0 Å². The first-order valence-electron chi connectivity index (χ1n) is 8.36. The molecule has 0 atom stereocenters. The molecule has 126 valence electrons. The summed E-state index contributed by atoms with van der Waals surface area (Å²) >= 11 is 0. The highest BCUT2D eigenvalue weighted by Crippen LogP contribution is 2.15. The van der Waals surface area contributed by atoms with Gasteiger partial charge in [-0.05, 0) is 49.2 Å². The first kappa shape index (κ1) is 17.7. The van der Waals surface area contributed by atoms with E-state index in [1.54, 1.807) is 24.3 Å². The molecule has 2 aromatic carbocycles. The highest BCUT2D eigenvalue weighted by molar-refractivity contribution is 6.05. The van der Waals surface area contributed by atoms with Crippen LogP contribution in [0.1, 0.15) is 48.5 Å². The third-order valence-electron chi connectivity index (χ3n) is 3.69. The van der Waals surface area contributed by atoms with Gasteiger partial charge in [0, 0.05) is 23.4 Å². The van der Waals surface area contributed by atoms with Crippen LogP contribution in [0, 0.1) is 6.92 Å². The minimum atomic E-state index is -0.192. The standard InChI is InChI=1S/C20H24N2O2/c1-3-4-5-12-19(23)21-18-11-7-9-16(14-18)20(24)22-17-10-6-8-15(2)13-17/h6-11,13-14H,3-5,12H2,1-2H3,(H,21,23)(H,22,24). The van der Waals surface area contributed by atoms with Crippen LogP contribution < -0.4 is 10.6 Å². The van der Waals surface area contributed by atoms with Gasteiger partial charge in [0.1, 0.15) is 0 Å². The van der Waals surface area contributed by atoms with E-state index < -0.39 is 0 Å². The first-order valence-corrected chi connectivity index (χ1v) is 8.36. The minimum Gasteiger partial charge on any atom is -0.326 e. The zero-order valence-electron chi connectivity index (χ0n) is 14.3. The largest absolute Gasteiger partial charge is 0.326 e. The molecule has 4 nitrogen and oxygen atoms in total. The topological polar surface area (TPSA) is 58.2 Å². The molecule has 0 aliphatic heterocycles. The molecule has 0 unspecified atom stereocenters. The molecule has 0 fully saturated rings. The van der Waals surface area contributed by atoms with Crippen molar-refractivity contribution in [2.45, 2.75) is 39.5 Å². The summed E-state index contributed by atoms with van der Waals surface area (Å²) in [6.07, 6.45) is 3.53. The van der Waals surface area contributed by atoms with Crippen LogP contribution in [-0.4, -0.2) is 11.8 Å². The van der Waals surface area contributed by atoms with Crippen LogP contribution in [0.25, 0.3) is 0 Å². The summed E-state index contributed by atoms with van der Waals surface area (Å²) in [6, 6.07) is 14.6. The molecule has 2 aromatic rings. The number of unbranched alkanes of at least 4 members (excludes halogenated alkanes) is 2. The normalized spacial score (nSPS) is 10.2. The molecule has 24 heavy (non-hydrogen) atoms. The van der Waals surface area contributed by atoms with Crippen molar-refractivity contribution in [3.05, 3.63) is 59.7 Å². The van der Waals surface area contributed by atoms with E-state index in [-0.39, 0.29) is 11.8 Å². The molecule has 0 saturated heterocycles. The summed E-state index contributed by atoms with van der Waals surface area (Å²) in [5.74, 6) is -0.206. The lowest BCUT2D eigenvalue weighted by molar-refractivity contribution is -0.116. The Bertz CT molecular complexity index is 710. The van der Waals surface area contributed by atoms with Gasteiger partial charge in [0.2, 0.25) is 5.91 Å². The number of carbonyl (C=O) groups is 2. The fraction of sp³-hybridized carbons (Fsp3) is 0.300. The second-order valence-corrected chi connectivity index (χ2v) is 5.91. The van der Waals surface area contributed by atoms with Crippen molar-refractivity contribution in [3.8, 4) is 0 Å². The number of hydrogen-bond acceptors (Lipinski definition) is 2. The Balaban J connectivity index is 1.98. The number of anilines is 2. The Morgan fingerprint density at radius 1 is 0.917 bits per heavy atom. The zero-order valence-corrected chi connectivity index (χ0v) is 14.3. The molecular formula is C20H24N2O2. The van der Waals surface area contributed by atoms with Gasteiger partial charge in [0.15, 0.2) is 0 Å². The van der Waals surface area contributed by atoms with Crippen LogP contribution in [0.15, 0.2) is 48.5 Å². The summed E-state index contributed by atoms with van der Waals surface area (Å²) < 4.78 is 0. The van der Waals surface area contributed by atoms with Gasteiger partial charge in [-0.2, -0.15) is 0 Å². The van der Waals surface area contributed by atoms with Crippen LogP contribution in [0.4, 0.5) is 11.4 Å². The van der Waals surface area contributed by atoms with Gasteiger partial charge < -0.3 is 10.6 Å². The maximum Gasteiger partial charge on any atom is 0.255 e. The third-order valence-corrected chi connectivity index (χ3v) is 3.69. The van der Waals surface area contributed by atoms with Crippen LogP contribution in [0.3, 0.4) is 0 Å². The van der Waals surface area contributed by atoms with E-state index in [9.17, 15) is 9.59 Å². The summed E-state index contributed by atoms with van der Waals surface area (Å²) in [7, 11) is 0. The lowest BCUT2D eigenvalue weighted by Gasteiger charge is -2.09. The number of nitrogens with one attached hydrogen (secondary N) is 2. The third kappa shape index (κ3) is 5.54. The van der Waals surface area contributed by atoms with Crippen molar-refractivity contribution in [2.75, 3.05) is 10.6 Å². The van der Waals surface area contributed by atoms with Crippen LogP contribution in [-0.2, 0) is 4.79 Å². The smallest absolute Gasteiger partial charge is 0.255 e. The SMILES string of the molecule is CCCCCC(=O)Nc1cccc(C(=O)Nc2cccc(C)c2)c1. The Morgan fingerprint density at radius 2 is 1.62 bits per heavy atom. The quantitative estimate of drug-likeness (QED) is 0.721. The minimum absolute atomic E-state index is 0.0142. The summed E-state index contributed by atoms with van der Waals surface area (Å²) in [6.45, 7) is 4.08. The lowest BCUT2D eigenvalue weighted by atomic mass is 10.1. The van der Waals surface area contributed by atoms with E-state index in [0.717, 1.165) is 30.5 Å². The van der Waals surface area contributed by atoms with Gasteiger partial charge in [-0.1, -0.05) is 38.0 Å². The number of rotatable bonds is 7. The highest BCUT2D eigenvalue weighted by Gasteiger charge is 2.08. The van der Waals surface area contributed by atoms with Crippen LogP contribution in [0.2, 0.25) is 0 Å².